The van der Waals surface area contributed by atoms with Crippen LogP contribution in [0, 0.1) is 11.6 Å². The zero-order valence-electron chi connectivity index (χ0n) is 16.8. The molecule has 2 heterocycles. The number of benzene rings is 1. The van der Waals surface area contributed by atoms with Gasteiger partial charge >= 0.3 is 0 Å². The number of hydrogen-bond acceptors (Lipinski definition) is 5. The minimum atomic E-state index is -1.21. The van der Waals surface area contributed by atoms with Crippen molar-refractivity contribution >= 4 is 59.9 Å². The summed E-state index contributed by atoms with van der Waals surface area (Å²) in [6.07, 6.45) is 1.65. The predicted molar refractivity (Wildman–Crippen MR) is 122 cm³/mol. The Balaban J connectivity index is 0.00000256. The van der Waals surface area contributed by atoms with Crippen LogP contribution in [-0.2, 0) is 6.54 Å². The Bertz CT molecular complexity index is 1090. The molecule has 0 fully saturated rings. The summed E-state index contributed by atoms with van der Waals surface area (Å²) in [4.78, 5) is 30.6. The van der Waals surface area contributed by atoms with Crippen molar-refractivity contribution in [1.82, 2.24) is 20.5 Å². The quantitative estimate of drug-likeness (QED) is 0.440. The second kappa shape index (κ2) is 11.6. The van der Waals surface area contributed by atoms with E-state index in [1.807, 2.05) is 31.1 Å². The maximum Gasteiger partial charge on any atom is 0.269 e. The van der Waals surface area contributed by atoms with E-state index in [0.717, 1.165) is 11.4 Å². The summed E-state index contributed by atoms with van der Waals surface area (Å²) in [5.74, 6) is -2.82. The molecule has 172 valence electrons. The number of halogens is 5. The molecule has 3 aromatic rings. The number of hydrogen-bond donors (Lipinski definition) is 3. The predicted octanol–water partition coefficient (Wildman–Crippen LogP) is 3.83. The number of carbonyl (C=O) groups excluding carboxylic acids is 2. The van der Waals surface area contributed by atoms with Gasteiger partial charge in [-0.15, -0.1) is 24.8 Å². The highest BCUT2D eigenvalue weighted by molar-refractivity contribution is 6.34. The molecule has 0 saturated heterocycles. The van der Waals surface area contributed by atoms with E-state index in [-0.39, 0.29) is 53.5 Å². The van der Waals surface area contributed by atoms with Gasteiger partial charge in [0.25, 0.3) is 11.8 Å². The van der Waals surface area contributed by atoms with E-state index < -0.39 is 23.4 Å². The van der Waals surface area contributed by atoms with Crippen molar-refractivity contribution in [3.63, 3.8) is 0 Å². The molecule has 0 atom stereocenters. The molecule has 0 radical (unpaired) electrons. The van der Waals surface area contributed by atoms with E-state index >= 15 is 0 Å². The van der Waals surface area contributed by atoms with E-state index in [2.05, 4.69) is 25.8 Å². The fourth-order valence-electron chi connectivity index (χ4n) is 2.45. The lowest BCUT2D eigenvalue weighted by molar-refractivity contribution is 0.0945. The third-order valence-corrected chi connectivity index (χ3v) is 4.35. The number of carbonyl (C=O) groups is 2. The molecule has 0 spiro atoms. The average molecular weight is 508 g/mol. The van der Waals surface area contributed by atoms with E-state index in [9.17, 15) is 18.4 Å². The van der Waals surface area contributed by atoms with Crippen LogP contribution in [0.15, 0.2) is 36.5 Å². The molecule has 0 aliphatic heterocycles. The van der Waals surface area contributed by atoms with E-state index in [4.69, 9.17) is 11.6 Å². The number of aromatic amines is 1. The van der Waals surface area contributed by atoms with Gasteiger partial charge in [0.05, 0.1) is 10.6 Å². The summed E-state index contributed by atoms with van der Waals surface area (Å²) in [7, 11) is 3.75. The number of nitrogens with zero attached hydrogens (tertiary/aromatic N) is 3. The lowest BCUT2D eigenvalue weighted by Crippen LogP contribution is -2.23. The Morgan fingerprint density at radius 1 is 1.09 bits per heavy atom. The number of aromatic nitrogens is 3. The van der Waals surface area contributed by atoms with Gasteiger partial charge in [-0.25, -0.2) is 13.8 Å². The molecule has 2 amide bonds. The number of anilines is 2. The molecular formula is C19H19Cl3F2N6O2. The molecule has 3 N–H and O–H groups in total. The number of nitrogens with one attached hydrogen (secondary N) is 3. The minimum absolute atomic E-state index is 0. The monoisotopic (exact) mass is 506 g/mol. The summed E-state index contributed by atoms with van der Waals surface area (Å²) >= 11 is 5.78. The molecule has 0 bridgehead atoms. The van der Waals surface area contributed by atoms with Gasteiger partial charge in [0.15, 0.2) is 17.5 Å². The molecule has 0 unspecified atom stereocenters. The van der Waals surface area contributed by atoms with Gasteiger partial charge < -0.3 is 15.5 Å². The van der Waals surface area contributed by atoms with Gasteiger partial charge in [0.2, 0.25) is 0 Å². The Kier molecular flexibility index (Phi) is 9.82. The van der Waals surface area contributed by atoms with E-state index in [1.165, 1.54) is 6.07 Å². The van der Waals surface area contributed by atoms with Crippen LogP contribution in [-0.4, -0.2) is 41.1 Å². The first kappa shape index (κ1) is 27.1. The topological polar surface area (TPSA) is 103 Å². The van der Waals surface area contributed by atoms with Crippen molar-refractivity contribution in [2.45, 2.75) is 6.54 Å². The van der Waals surface area contributed by atoms with E-state index in [0.29, 0.717) is 12.1 Å². The van der Waals surface area contributed by atoms with Crippen LogP contribution in [0.2, 0.25) is 5.02 Å². The largest absolute Gasteiger partial charge is 0.363 e. The van der Waals surface area contributed by atoms with Crippen molar-refractivity contribution in [1.29, 1.82) is 0 Å². The molecule has 13 heteroatoms. The lowest BCUT2D eigenvalue weighted by Gasteiger charge is -2.11. The van der Waals surface area contributed by atoms with Gasteiger partial charge in [-0.3, -0.25) is 14.7 Å². The summed E-state index contributed by atoms with van der Waals surface area (Å²) < 4.78 is 26.5. The van der Waals surface area contributed by atoms with Gasteiger partial charge in [0, 0.05) is 32.9 Å². The first-order valence-electron chi connectivity index (χ1n) is 8.66. The normalized spacial score (nSPS) is 9.91. The molecule has 32 heavy (non-hydrogen) atoms. The molecular weight excluding hydrogens is 489 g/mol. The first-order chi connectivity index (χ1) is 14.2. The van der Waals surface area contributed by atoms with Crippen LogP contribution in [0.1, 0.15) is 26.4 Å². The molecule has 2 aromatic heterocycles. The Morgan fingerprint density at radius 2 is 1.78 bits per heavy atom. The Hall–Kier alpha value is -2.95. The molecule has 8 nitrogen and oxygen atoms in total. The second-order valence-electron chi connectivity index (χ2n) is 6.47. The van der Waals surface area contributed by atoms with Crippen molar-refractivity contribution in [2.24, 2.45) is 0 Å². The van der Waals surface area contributed by atoms with E-state index in [1.54, 1.807) is 6.20 Å². The maximum absolute atomic E-state index is 13.4. The van der Waals surface area contributed by atoms with Crippen molar-refractivity contribution in [3.8, 4) is 0 Å². The summed E-state index contributed by atoms with van der Waals surface area (Å²) in [5.41, 5.74) is 0.632. The van der Waals surface area contributed by atoms with Gasteiger partial charge in [-0.05, 0) is 23.8 Å². The van der Waals surface area contributed by atoms with Crippen molar-refractivity contribution < 1.29 is 18.4 Å². The number of rotatable bonds is 6. The smallest absolute Gasteiger partial charge is 0.269 e. The van der Waals surface area contributed by atoms with Gasteiger partial charge in [0.1, 0.15) is 11.5 Å². The first-order valence-corrected chi connectivity index (χ1v) is 9.04. The van der Waals surface area contributed by atoms with Crippen LogP contribution in [0.5, 0.6) is 0 Å². The second-order valence-corrected chi connectivity index (χ2v) is 6.88. The molecule has 0 saturated carbocycles. The highest BCUT2D eigenvalue weighted by atomic mass is 35.5. The minimum Gasteiger partial charge on any atom is -0.363 e. The lowest BCUT2D eigenvalue weighted by atomic mass is 10.2. The van der Waals surface area contributed by atoms with Crippen LogP contribution < -0.4 is 15.5 Å². The SMILES string of the molecule is CN(C)c1ccc(CNC(=O)c2cc(NC(=O)c3cc(F)c(F)cc3Cl)n[nH]2)cn1.Cl.Cl. The van der Waals surface area contributed by atoms with Crippen LogP contribution in [0.4, 0.5) is 20.4 Å². The zero-order chi connectivity index (χ0) is 21.8. The highest BCUT2D eigenvalue weighted by Crippen LogP contribution is 2.21. The highest BCUT2D eigenvalue weighted by Gasteiger charge is 2.17. The van der Waals surface area contributed by atoms with Crippen molar-refractivity contribution in [3.05, 3.63) is 70.0 Å². The standard InChI is InChI=1S/C19H17ClF2N6O2.2ClH/c1-28(2)17-4-3-10(8-23-17)9-24-19(30)15-7-16(27-26-15)25-18(29)11-5-13(21)14(22)6-12(11)20;;/h3-8H,9H2,1-2H3,(H,24,30)(H2,25,26,27,29);2*1H. The summed E-state index contributed by atoms with van der Waals surface area (Å²) in [6, 6.07) is 6.36. The van der Waals surface area contributed by atoms with Crippen molar-refractivity contribution in [2.75, 3.05) is 24.3 Å². The van der Waals surface area contributed by atoms with Crippen LogP contribution in [0.3, 0.4) is 0 Å². The Labute approximate surface area is 199 Å². The summed E-state index contributed by atoms with van der Waals surface area (Å²) in [6.45, 7) is 0.241. The molecule has 0 aliphatic rings. The van der Waals surface area contributed by atoms with Crippen LogP contribution >= 0.6 is 36.4 Å². The fraction of sp³-hybridized carbons (Fsp3) is 0.158. The van der Waals surface area contributed by atoms with Gasteiger partial charge in [-0.1, -0.05) is 17.7 Å². The summed E-state index contributed by atoms with van der Waals surface area (Å²) in [5, 5.41) is 11.1. The fourth-order valence-corrected chi connectivity index (χ4v) is 2.68. The van der Waals surface area contributed by atoms with Gasteiger partial charge in [-0.2, -0.15) is 5.10 Å². The average Bonchev–Trinajstić information content (AvgIpc) is 3.17. The third-order valence-electron chi connectivity index (χ3n) is 4.04. The number of amides is 2. The van der Waals surface area contributed by atoms with Crippen LogP contribution in [0.25, 0.3) is 0 Å². The third kappa shape index (κ3) is 6.52. The molecule has 0 aliphatic carbocycles. The number of pyridine rings is 1. The maximum atomic E-state index is 13.4. The zero-order valence-corrected chi connectivity index (χ0v) is 19.2. The number of H-pyrrole nitrogens is 1. The molecule has 1 aromatic carbocycles. The Morgan fingerprint density at radius 3 is 2.41 bits per heavy atom. The molecule has 3 rings (SSSR count).